The van der Waals surface area contributed by atoms with E-state index in [1.54, 1.807) is 75.4 Å². The summed E-state index contributed by atoms with van der Waals surface area (Å²) in [5, 5.41) is 2.81. The lowest BCUT2D eigenvalue weighted by Crippen LogP contribution is -2.37. The lowest BCUT2D eigenvalue weighted by atomic mass is 10.2. The maximum atomic E-state index is 13.2. The molecule has 29 heavy (non-hydrogen) atoms. The Labute approximate surface area is 168 Å². The third-order valence-electron chi connectivity index (χ3n) is 4.08. The number of methoxy groups -OCH3 is 1. The highest BCUT2D eigenvalue weighted by atomic mass is 16.6. The van der Waals surface area contributed by atoms with Crippen LogP contribution in [-0.4, -0.2) is 35.2 Å². The second kappa shape index (κ2) is 7.79. The fraction of sp³-hybridized carbons (Fsp3) is 0.227. The van der Waals surface area contributed by atoms with Crippen LogP contribution in [-0.2, 0) is 4.74 Å². The molecular weight excluding hydrogens is 372 g/mol. The lowest BCUT2D eigenvalue weighted by Gasteiger charge is -2.19. The normalized spacial score (nSPS) is 11.2. The van der Waals surface area contributed by atoms with Gasteiger partial charge in [-0.1, -0.05) is 18.2 Å². The maximum Gasteiger partial charge on any atom is 0.414 e. The molecule has 0 saturated heterocycles. The molecular formula is C22H22N2O5. The van der Waals surface area contributed by atoms with E-state index in [2.05, 4.69) is 5.32 Å². The Morgan fingerprint density at radius 3 is 2.28 bits per heavy atom. The molecule has 0 aliphatic rings. The Bertz CT molecular complexity index is 1080. The molecule has 0 fully saturated rings. The second-order valence-corrected chi connectivity index (χ2v) is 7.42. The molecule has 1 N–H and O–H groups in total. The smallest absolute Gasteiger partial charge is 0.414 e. The third kappa shape index (κ3) is 4.45. The molecule has 7 nitrogen and oxygen atoms in total. The predicted molar refractivity (Wildman–Crippen MR) is 108 cm³/mol. The number of amides is 2. The first kappa shape index (κ1) is 20.1. The van der Waals surface area contributed by atoms with Crippen LogP contribution in [0.3, 0.4) is 0 Å². The molecule has 0 atom stereocenters. The Balaban J connectivity index is 2.06. The number of fused-ring (bicyclic) bond motifs is 1. The van der Waals surface area contributed by atoms with Crippen molar-refractivity contribution in [3.05, 3.63) is 65.9 Å². The number of carbonyl (C=O) groups excluding carboxylic acids is 3. The van der Waals surface area contributed by atoms with Crippen molar-refractivity contribution in [3.63, 3.8) is 0 Å². The van der Waals surface area contributed by atoms with Gasteiger partial charge in [0.05, 0.1) is 12.6 Å². The van der Waals surface area contributed by atoms with E-state index < -0.39 is 17.6 Å². The van der Waals surface area contributed by atoms with Crippen molar-refractivity contribution in [2.75, 3.05) is 7.11 Å². The predicted octanol–water partition coefficient (Wildman–Crippen LogP) is 4.00. The summed E-state index contributed by atoms with van der Waals surface area (Å²) >= 11 is 0. The number of rotatable bonds is 3. The van der Waals surface area contributed by atoms with Crippen LogP contribution < -0.4 is 10.1 Å². The van der Waals surface area contributed by atoms with Crippen LogP contribution in [0.2, 0.25) is 0 Å². The van der Waals surface area contributed by atoms with Crippen LogP contribution in [0.4, 0.5) is 4.79 Å². The van der Waals surface area contributed by atoms with E-state index in [-0.39, 0.29) is 11.6 Å². The van der Waals surface area contributed by atoms with Crippen molar-refractivity contribution >= 4 is 28.8 Å². The number of hydrogen-bond acceptors (Lipinski definition) is 5. The summed E-state index contributed by atoms with van der Waals surface area (Å²) in [6.07, 6.45) is -0.885. The fourth-order valence-electron chi connectivity index (χ4n) is 2.88. The Kier molecular flexibility index (Phi) is 5.41. The average molecular weight is 394 g/mol. The van der Waals surface area contributed by atoms with Gasteiger partial charge in [0.2, 0.25) is 0 Å². The molecule has 0 aliphatic carbocycles. The van der Waals surface area contributed by atoms with Crippen molar-refractivity contribution in [2.45, 2.75) is 26.4 Å². The van der Waals surface area contributed by atoms with E-state index in [1.807, 2.05) is 0 Å². The summed E-state index contributed by atoms with van der Waals surface area (Å²) in [5.74, 6) is -0.542. The number of alkyl carbamates (subject to hydrolysis) is 1. The third-order valence-corrected chi connectivity index (χ3v) is 4.08. The molecule has 0 saturated carbocycles. The summed E-state index contributed by atoms with van der Waals surface area (Å²) < 4.78 is 11.6. The summed E-state index contributed by atoms with van der Waals surface area (Å²) in [6.45, 7) is 5.08. The molecule has 7 heteroatoms. The first-order valence-electron chi connectivity index (χ1n) is 9.03. The SMILES string of the molecule is COc1ccc2c(c1)cc(C(=O)NC(=O)OC(C)(C)C)n2C(=O)c1ccccc1. The zero-order chi connectivity index (χ0) is 21.2. The molecule has 0 bridgehead atoms. The molecule has 1 heterocycles. The lowest BCUT2D eigenvalue weighted by molar-refractivity contribution is 0.0505. The van der Waals surface area contributed by atoms with Crippen molar-refractivity contribution in [1.82, 2.24) is 9.88 Å². The van der Waals surface area contributed by atoms with Gasteiger partial charge in [0.15, 0.2) is 0 Å². The molecule has 0 aliphatic heterocycles. The number of carbonyl (C=O) groups is 3. The minimum Gasteiger partial charge on any atom is -0.497 e. The molecule has 3 aromatic rings. The highest BCUT2D eigenvalue weighted by molar-refractivity contribution is 6.12. The van der Waals surface area contributed by atoms with Crippen LogP contribution in [0.25, 0.3) is 10.9 Å². The van der Waals surface area contributed by atoms with E-state index in [1.165, 1.54) is 11.7 Å². The van der Waals surface area contributed by atoms with Crippen molar-refractivity contribution in [1.29, 1.82) is 0 Å². The molecule has 0 radical (unpaired) electrons. The largest absolute Gasteiger partial charge is 0.497 e. The Morgan fingerprint density at radius 1 is 0.966 bits per heavy atom. The van der Waals surface area contributed by atoms with Crippen LogP contribution in [0.15, 0.2) is 54.6 Å². The van der Waals surface area contributed by atoms with Gasteiger partial charge >= 0.3 is 6.09 Å². The minimum absolute atomic E-state index is 0.0213. The van der Waals surface area contributed by atoms with E-state index in [0.29, 0.717) is 22.2 Å². The first-order chi connectivity index (χ1) is 13.7. The number of aromatic nitrogens is 1. The zero-order valence-electron chi connectivity index (χ0n) is 16.7. The van der Waals surface area contributed by atoms with Gasteiger partial charge in [-0.05, 0) is 57.2 Å². The van der Waals surface area contributed by atoms with Crippen LogP contribution in [0.5, 0.6) is 5.75 Å². The molecule has 0 unspecified atom stereocenters. The van der Waals surface area contributed by atoms with Gasteiger partial charge in [0.25, 0.3) is 11.8 Å². The van der Waals surface area contributed by atoms with Gasteiger partial charge in [-0.15, -0.1) is 0 Å². The number of hydrogen-bond donors (Lipinski definition) is 1. The summed E-state index contributed by atoms with van der Waals surface area (Å²) in [4.78, 5) is 38.0. The number of benzene rings is 2. The topological polar surface area (TPSA) is 86.6 Å². The highest BCUT2D eigenvalue weighted by Gasteiger charge is 2.25. The number of imide groups is 1. The van der Waals surface area contributed by atoms with E-state index in [4.69, 9.17) is 9.47 Å². The van der Waals surface area contributed by atoms with E-state index in [9.17, 15) is 14.4 Å². The summed E-state index contributed by atoms with van der Waals surface area (Å²) in [6, 6.07) is 15.2. The standard InChI is InChI=1S/C22H22N2O5/c1-22(2,3)29-21(27)23-19(25)18-13-15-12-16(28-4)10-11-17(15)24(18)20(26)14-8-6-5-7-9-14/h5-13H,1-4H3,(H,23,25,27). The summed E-state index contributed by atoms with van der Waals surface area (Å²) in [5.41, 5.74) is 0.193. The fourth-order valence-corrected chi connectivity index (χ4v) is 2.88. The molecule has 1 aromatic heterocycles. The van der Waals surface area contributed by atoms with Crippen LogP contribution >= 0.6 is 0 Å². The van der Waals surface area contributed by atoms with Crippen LogP contribution in [0.1, 0.15) is 41.6 Å². The van der Waals surface area contributed by atoms with Crippen molar-refractivity contribution in [2.24, 2.45) is 0 Å². The molecule has 2 amide bonds. The van der Waals surface area contributed by atoms with Gasteiger partial charge in [-0.3, -0.25) is 19.5 Å². The maximum absolute atomic E-state index is 13.2. The van der Waals surface area contributed by atoms with Gasteiger partial charge in [0, 0.05) is 10.9 Å². The second-order valence-electron chi connectivity index (χ2n) is 7.42. The quantitative estimate of drug-likeness (QED) is 0.725. The van der Waals surface area contributed by atoms with E-state index >= 15 is 0 Å². The number of ether oxygens (including phenoxy) is 2. The van der Waals surface area contributed by atoms with Crippen molar-refractivity contribution < 1.29 is 23.9 Å². The minimum atomic E-state index is -0.885. The molecule has 150 valence electrons. The van der Waals surface area contributed by atoms with Gasteiger partial charge in [-0.25, -0.2) is 4.79 Å². The molecule has 0 spiro atoms. The Morgan fingerprint density at radius 2 is 1.66 bits per heavy atom. The molecule has 3 rings (SSSR count). The zero-order valence-corrected chi connectivity index (χ0v) is 16.7. The van der Waals surface area contributed by atoms with Gasteiger partial charge in [0.1, 0.15) is 17.0 Å². The van der Waals surface area contributed by atoms with Gasteiger partial charge in [-0.2, -0.15) is 0 Å². The summed E-state index contributed by atoms with van der Waals surface area (Å²) in [7, 11) is 1.53. The molecule has 2 aromatic carbocycles. The number of nitrogens with one attached hydrogen (secondary N) is 1. The average Bonchev–Trinajstić information content (AvgIpc) is 3.05. The monoisotopic (exact) mass is 394 g/mol. The van der Waals surface area contributed by atoms with Crippen molar-refractivity contribution in [3.8, 4) is 5.75 Å². The van der Waals surface area contributed by atoms with Gasteiger partial charge < -0.3 is 9.47 Å². The van der Waals surface area contributed by atoms with E-state index in [0.717, 1.165) is 0 Å². The highest BCUT2D eigenvalue weighted by Crippen LogP contribution is 2.26. The Hall–Kier alpha value is -3.61. The first-order valence-corrected chi connectivity index (χ1v) is 9.03. The number of nitrogens with zero attached hydrogens (tertiary/aromatic N) is 1. The van der Waals surface area contributed by atoms with Crippen LogP contribution in [0, 0.1) is 0 Å².